The number of nitrogens with zero attached hydrogens (tertiary/aromatic N) is 5. The van der Waals surface area contributed by atoms with E-state index in [9.17, 15) is 18.0 Å². The Morgan fingerprint density at radius 2 is 1.85 bits per heavy atom. The van der Waals surface area contributed by atoms with Crippen molar-refractivity contribution < 1.29 is 18.0 Å². The minimum Gasteiger partial charge on any atom is -0.322 e. The van der Waals surface area contributed by atoms with Crippen LogP contribution in [0.5, 0.6) is 0 Å². The zero-order chi connectivity index (χ0) is 23.9. The third-order valence-corrected chi connectivity index (χ3v) is 6.15. The molecule has 0 spiro atoms. The molecule has 176 valence electrons. The molecule has 3 heterocycles. The van der Waals surface area contributed by atoms with Crippen molar-refractivity contribution in [1.29, 1.82) is 0 Å². The summed E-state index contributed by atoms with van der Waals surface area (Å²) < 4.78 is 42.8. The molecule has 1 fully saturated rings. The normalized spacial score (nSPS) is 17.6. The zero-order valence-corrected chi connectivity index (χ0v) is 19.4. The summed E-state index contributed by atoms with van der Waals surface area (Å²) >= 11 is 6.02. The summed E-state index contributed by atoms with van der Waals surface area (Å²) in [5, 5.41) is 5.15. The van der Waals surface area contributed by atoms with Crippen molar-refractivity contribution in [2.45, 2.75) is 58.2 Å². The average molecular weight is 480 g/mol. The molecule has 1 atom stereocenters. The Balaban J connectivity index is 1.74. The van der Waals surface area contributed by atoms with Crippen molar-refractivity contribution in [1.82, 2.24) is 19.3 Å². The van der Waals surface area contributed by atoms with E-state index in [2.05, 4.69) is 10.1 Å². The van der Waals surface area contributed by atoms with Crippen LogP contribution < -0.4 is 4.90 Å². The standard InChI is InChI=1S/C23H25ClF3N5O/c1-14(2)21-19(12-28-32(21)17-9-7-16(24)8-10-17)30-11-5-4-6-18(22(30)33)31-13-20(23(25,26)27)29-15(31)3/h7-10,12-14,18H,4-6,11H2,1-3H3/t18-/m0/s1. The van der Waals surface area contributed by atoms with Crippen LogP contribution in [0.4, 0.5) is 18.9 Å². The highest BCUT2D eigenvalue weighted by atomic mass is 35.5. The molecule has 33 heavy (non-hydrogen) atoms. The molecule has 0 N–H and O–H groups in total. The van der Waals surface area contributed by atoms with Gasteiger partial charge in [-0.15, -0.1) is 0 Å². The highest BCUT2D eigenvalue weighted by molar-refractivity contribution is 6.30. The van der Waals surface area contributed by atoms with Crippen molar-refractivity contribution >= 4 is 23.2 Å². The quantitative estimate of drug-likeness (QED) is 0.466. The number of aryl methyl sites for hydroxylation is 1. The lowest BCUT2D eigenvalue weighted by molar-refractivity contribution is -0.141. The Labute approximate surface area is 195 Å². The molecule has 3 aromatic rings. The van der Waals surface area contributed by atoms with Gasteiger partial charge >= 0.3 is 6.18 Å². The Bertz CT molecular complexity index is 1150. The number of aromatic nitrogens is 4. The second-order valence-electron chi connectivity index (χ2n) is 8.54. The van der Waals surface area contributed by atoms with Crippen LogP contribution in [0.3, 0.4) is 0 Å². The van der Waals surface area contributed by atoms with Gasteiger partial charge in [-0.05, 0) is 56.4 Å². The number of rotatable bonds is 4. The largest absolute Gasteiger partial charge is 0.434 e. The third-order valence-electron chi connectivity index (χ3n) is 5.90. The van der Waals surface area contributed by atoms with Gasteiger partial charge in [0.05, 0.1) is 23.3 Å². The van der Waals surface area contributed by atoms with Crippen molar-refractivity contribution in [2.24, 2.45) is 0 Å². The lowest BCUT2D eigenvalue weighted by atomic mass is 10.1. The summed E-state index contributed by atoms with van der Waals surface area (Å²) in [6, 6.07) is 6.50. The maximum Gasteiger partial charge on any atom is 0.434 e. The van der Waals surface area contributed by atoms with Gasteiger partial charge in [0.15, 0.2) is 5.69 Å². The zero-order valence-electron chi connectivity index (χ0n) is 18.6. The number of carbonyl (C=O) groups is 1. The Kier molecular flexibility index (Phi) is 6.26. The number of hydrogen-bond donors (Lipinski definition) is 0. The Hall–Kier alpha value is -2.81. The summed E-state index contributed by atoms with van der Waals surface area (Å²) in [4.78, 5) is 19.0. The molecule has 2 aromatic heterocycles. The minimum atomic E-state index is -4.56. The monoisotopic (exact) mass is 479 g/mol. The summed E-state index contributed by atoms with van der Waals surface area (Å²) in [6.07, 6.45) is -0.0474. The lowest BCUT2D eigenvalue weighted by Gasteiger charge is -2.26. The van der Waals surface area contributed by atoms with Crippen LogP contribution >= 0.6 is 11.6 Å². The van der Waals surface area contributed by atoms with Gasteiger partial charge in [0.1, 0.15) is 11.9 Å². The number of amides is 1. The van der Waals surface area contributed by atoms with Gasteiger partial charge in [0.25, 0.3) is 0 Å². The first-order chi connectivity index (χ1) is 15.6. The average Bonchev–Trinajstić information content (AvgIpc) is 3.30. The first kappa shape index (κ1) is 23.4. The van der Waals surface area contributed by atoms with E-state index < -0.39 is 17.9 Å². The maximum atomic E-state index is 13.7. The molecule has 1 amide bonds. The van der Waals surface area contributed by atoms with E-state index in [-0.39, 0.29) is 17.6 Å². The molecule has 1 aromatic carbocycles. The van der Waals surface area contributed by atoms with E-state index in [1.807, 2.05) is 26.0 Å². The van der Waals surface area contributed by atoms with Gasteiger partial charge in [0.2, 0.25) is 5.91 Å². The second-order valence-corrected chi connectivity index (χ2v) is 8.97. The van der Waals surface area contributed by atoms with Crippen LogP contribution in [0.2, 0.25) is 5.02 Å². The number of imidazole rings is 1. The molecular weight excluding hydrogens is 455 g/mol. The van der Waals surface area contributed by atoms with E-state index in [1.165, 1.54) is 11.5 Å². The molecule has 0 bridgehead atoms. The van der Waals surface area contributed by atoms with E-state index in [0.717, 1.165) is 24.0 Å². The molecule has 1 aliphatic rings. The fraction of sp³-hybridized carbons (Fsp3) is 0.435. The lowest BCUT2D eigenvalue weighted by Crippen LogP contribution is -2.37. The maximum absolute atomic E-state index is 13.7. The molecule has 4 rings (SSSR count). The summed E-state index contributed by atoms with van der Waals surface area (Å²) in [7, 11) is 0. The van der Waals surface area contributed by atoms with E-state index in [4.69, 9.17) is 11.6 Å². The van der Waals surface area contributed by atoms with Crippen molar-refractivity contribution in [2.75, 3.05) is 11.4 Å². The number of benzene rings is 1. The molecular formula is C23H25ClF3N5O. The van der Waals surface area contributed by atoms with Crippen LogP contribution in [-0.4, -0.2) is 31.8 Å². The molecule has 1 aliphatic heterocycles. The van der Waals surface area contributed by atoms with Gasteiger partial charge in [-0.25, -0.2) is 9.67 Å². The van der Waals surface area contributed by atoms with Gasteiger partial charge in [-0.1, -0.05) is 25.4 Å². The fourth-order valence-corrected chi connectivity index (χ4v) is 4.47. The van der Waals surface area contributed by atoms with E-state index in [0.29, 0.717) is 30.1 Å². The van der Waals surface area contributed by atoms with E-state index in [1.54, 1.807) is 27.9 Å². The second kappa shape index (κ2) is 8.85. The van der Waals surface area contributed by atoms with Gasteiger partial charge in [-0.3, -0.25) is 4.79 Å². The van der Waals surface area contributed by atoms with Crippen LogP contribution in [0.25, 0.3) is 5.69 Å². The van der Waals surface area contributed by atoms with Crippen molar-refractivity contribution in [3.05, 3.63) is 58.9 Å². The molecule has 10 heteroatoms. The van der Waals surface area contributed by atoms with Crippen LogP contribution in [0.15, 0.2) is 36.7 Å². The Morgan fingerprint density at radius 1 is 1.15 bits per heavy atom. The molecule has 0 saturated carbocycles. The smallest absolute Gasteiger partial charge is 0.322 e. The van der Waals surface area contributed by atoms with Gasteiger partial charge in [-0.2, -0.15) is 18.3 Å². The van der Waals surface area contributed by atoms with Crippen LogP contribution in [0.1, 0.15) is 62.3 Å². The minimum absolute atomic E-state index is 0.0412. The highest BCUT2D eigenvalue weighted by Gasteiger charge is 2.38. The first-order valence-electron chi connectivity index (χ1n) is 10.9. The number of halogens is 4. The molecule has 1 saturated heterocycles. The predicted octanol–water partition coefficient (Wildman–Crippen LogP) is 5.93. The van der Waals surface area contributed by atoms with E-state index >= 15 is 0 Å². The van der Waals surface area contributed by atoms with Gasteiger partial charge < -0.3 is 9.47 Å². The summed E-state index contributed by atoms with van der Waals surface area (Å²) in [6.45, 7) is 6.00. The summed E-state index contributed by atoms with van der Waals surface area (Å²) in [5.74, 6) is -0.0396. The number of carbonyl (C=O) groups excluding carboxylic acids is 1. The van der Waals surface area contributed by atoms with Gasteiger partial charge in [0, 0.05) is 17.8 Å². The molecule has 6 nitrogen and oxygen atoms in total. The molecule has 0 radical (unpaired) electrons. The number of anilines is 1. The number of alkyl halides is 3. The Morgan fingerprint density at radius 3 is 2.45 bits per heavy atom. The van der Waals surface area contributed by atoms with Crippen molar-refractivity contribution in [3.63, 3.8) is 0 Å². The molecule has 0 aliphatic carbocycles. The number of hydrogen-bond acceptors (Lipinski definition) is 3. The predicted molar refractivity (Wildman–Crippen MR) is 120 cm³/mol. The SMILES string of the molecule is Cc1nc(C(F)(F)F)cn1[C@H]1CCCCN(c2cnn(-c3ccc(Cl)cc3)c2C(C)C)C1=O. The highest BCUT2D eigenvalue weighted by Crippen LogP contribution is 2.36. The first-order valence-corrected chi connectivity index (χ1v) is 11.2. The summed E-state index contributed by atoms with van der Waals surface area (Å²) in [5.41, 5.74) is 1.35. The fourth-order valence-electron chi connectivity index (χ4n) is 4.34. The topological polar surface area (TPSA) is 56.0 Å². The van der Waals surface area contributed by atoms with Crippen LogP contribution in [-0.2, 0) is 11.0 Å². The van der Waals surface area contributed by atoms with Crippen molar-refractivity contribution in [3.8, 4) is 5.69 Å². The van der Waals surface area contributed by atoms with Crippen LogP contribution in [0, 0.1) is 6.92 Å². The third kappa shape index (κ3) is 4.51. The molecule has 0 unspecified atom stereocenters.